The molecule has 23 heavy (non-hydrogen) atoms. The molecule has 0 amide bonds. The maximum Gasteiger partial charge on any atom is 0.150 e. The Bertz CT molecular complexity index is 936. The highest BCUT2D eigenvalue weighted by molar-refractivity contribution is 5.95. The van der Waals surface area contributed by atoms with Crippen molar-refractivity contribution >= 4 is 17.2 Å². The molecule has 0 fully saturated rings. The van der Waals surface area contributed by atoms with Crippen LogP contribution in [-0.4, -0.2) is 11.3 Å². The molecule has 3 heteroatoms. The van der Waals surface area contributed by atoms with Crippen molar-refractivity contribution in [1.82, 2.24) is 4.98 Å². The lowest BCUT2D eigenvalue weighted by molar-refractivity contribution is 0.112. The second-order valence-corrected chi connectivity index (χ2v) is 6.08. The Kier molecular flexibility index (Phi) is 3.67. The van der Waals surface area contributed by atoms with Crippen LogP contribution in [0.25, 0.3) is 22.0 Å². The largest absolute Gasteiger partial charge is 0.298 e. The van der Waals surface area contributed by atoms with E-state index in [9.17, 15) is 10.1 Å². The highest BCUT2D eigenvalue weighted by Gasteiger charge is 2.22. The van der Waals surface area contributed by atoms with Gasteiger partial charge in [0.05, 0.1) is 17.0 Å². The lowest BCUT2D eigenvalue weighted by atomic mass is 9.83. The summed E-state index contributed by atoms with van der Waals surface area (Å²) < 4.78 is 0. The minimum Gasteiger partial charge on any atom is -0.298 e. The molecule has 0 radical (unpaired) electrons. The Morgan fingerprint density at radius 2 is 1.96 bits per heavy atom. The van der Waals surface area contributed by atoms with Gasteiger partial charge in [-0.3, -0.25) is 9.78 Å². The van der Waals surface area contributed by atoms with E-state index in [2.05, 4.69) is 11.1 Å². The van der Waals surface area contributed by atoms with E-state index in [0.717, 1.165) is 33.9 Å². The van der Waals surface area contributed by atoms with Gasteiger partial charge in [0, 0.05) is 22.7 Å². The number of pyridine rings is 1. The minimum atomic E-state index is -0.596. The molecule has 2 aromatic carbocycles. The fraction of sp³-hybridized carbons (Fsp3) is 0.150. The van der Waals surface area contributed by atoms with Crippen molar-refractivity contribution in [3.05, 3.63) is 65.9 Å². The maximum absolute atomic E-state index is 11.1. The van der Waals surface area contributed by atoms with Crippen LogP contribution in [0.1, 0.15) is 29.8 Å². The molecule has 112 valence electrons. The standard InChI is InChI=1S/C20H16N2O/c1-20(2,13-21)17-10-16-7-4-8-22-19(16)18(11-17)15-6-3-5-14(9-15)12-23/h3-12H,1-2H3. The number of hydrogen-bond donors (Lipinski definition) is 0. The highest BCUT2D eigenvalue weighted by atomic mass is 16.1. The van der Waals surface area contributed by atoms with Gasteiger partial charge in [0.15, 0.2) is 0 Å². The number of aromatic nitrogens is 1. The van der Waals surface area contributed by atoms with E-state index in [4.69, 9.17) is 0 Å². The summed E-state index contributed by atoms with van der Waals surface area (Å²) in [4.78, 5) is 15.6. The average Bonchev–Trinajstić information content (AvgIpc) is 2.60. The monoisotopic (exact) mass is 300 g/mol. The van der Waals surface area contributed by atoms with Gasteiger partial charge in [-0.1, -0.05) is 24.3 Å². The molecule has 3 nitrogen and oxygen atoms in total. The van der Waals surface area contributed by atoms with Crippen molar-refractivity contribution < 1.29 is 4.79 Å². The molecular formula is C20H16N2O. The summed E-state index contributed by atoms with van der Waals surface area (Å²) in [5, 5.41) is 10.4. The molecule has 1 heterocycles. The van der Waals surface area contributed by atoms with Gasteiger partial charge in [0.25, 0.3) is 0 Å². The third kappa shape index (κ3) is 2.72. The van der Waals surface area contributed by atoms with E-state index in [1.165, 1.54) is 0 Å². The summed E-state index contributed by atoms with van der Waals surface area (Å²) >= 11 is 0. The van der Waals surface area contributed by atoms with E-state index < -0.39 is 5.41 Å². The Balaban J connectivity index is 2.34. The van der Waals surface area contributed by atoms with Crippen molar-refractivity contribution in [1.29, 1.82) is 5.26 Å². The molecular weight excluding hydrogens is 284 g/mol. The van der Waals surface area contributed by atoms with E-state index in [0.29, 0.717) is 5.56 Å². The van der Waals surface area contributed by atoms with E-state index >= 15 is 0 Å². The van der Waals surface area contributed by atoms with Gasteiger partial charge in [-0.25, -0.2) is 0 Å². The first-order chi connectivity index (χ1) is 11.0. The maximum atomic E-state index is 11.1. The van der Waals surface area contributed by atoms with Crippen molar-refractivity contribution in [2.45, 2.75) is 19.3 Å². The second kappa shape index (κ2) is 5.66. The van der Waals surface area contributed by atoms with Crippen molar-refractivity contribution in [2.24, 2.45) is 0 Å². The van der Waals surface area contributed by atoms with Crippen molar-refractivity contribution in [2.75, 3.05) is 0 Å². The van der Waals surface area contributed by atoms with Gasteiger partial charge in [-0.2, -0.15) is 5.26 Å². The Morgan fingerprint density at radius 1 is 1.13 bits per heavy atom. The number of nitriles is 1. The van der Waals surface area contributed by atoms with Crippen molar-refractivity contribution in [3.63, 3.8) is 0 Å². The molecule has 3 aromatic rings. The molecule has 0 spiro atoms. The van der Waals surface area contributed by atoms with Gasteiger partial charge < -0.3 is 0 Å². The molecule has 0 bridgehead atoms. The zero-order valence-corrected chi connectivity index (χ0v) is 13.1. The lowest BCUT2D eigenvalue weighted by Gasteiger charge is -2.18. The topological polar surface area (TPSA) is 53.8 Å². The number of carbonyl (C=O) groups excluding carboxylic acids is 1. The van der Waals surface area contributed by atoms with E-state index in [1.807, 2.05) is 56.3 Å². The Labute approximate surface area is 135 Å². The van der Waals surface area contributed by atoms with Crippen LogP contribution in [0.4, 0.5) is 0 Å². The van der Waals surface area contributed by atoms with Gasteiger partial charge in [0.1, 0.15) is 6.29 Å². The van der Waals surface area contributed by atoms with Crippen LogP contribution >= 0.6 is 0 Å². The molecule has 0 aliphatic carbocycles. The number of fused-ring (bicyclic) bond motifs is 1. The predicted molar refractivity (Wildman–Crippen MR) is 91.2 cm³/mol. The molecule has 0 N–H and O–H groups in total. The number of rotatable bonds is 3. The predicted octanol–water partition coefficient (Wildman–Crippen LogP) is 4.52. The van der Waals surface area contributed by atoms with Crippen molar-refractivity contribution in [3.8, 4) is 17.2 Å². The molecule has 0 unspecified atom stereocenters. The van der Waals surface area contributed by atoms with Gasteiger partial charge in [-0.05, 0) is 49.2 Å². The summed E-state index contributed by atoms with van der Waals surface area (Å²) in [6, 6.07) is 17.7. The smallest absolute Gasteiger partial charge is 0.150 e. The van der Waals surface area contributed by atoms with Crippen LogP contribution in [0, 0.1) is 11.3 Å². The van der Waals surface area contributed by atoms with Crippen LogP contribution in [-0.2, 0) is 5.41 Å². The number of carbonyl (C=O) groups is 1. The quantitative estimate of drug-likeness (QED) is 0.668. The molecule has 0 saturated heterocycles. The fourth-order valence-electron chi connectivity index (χ4n) is 2.62. The number of nitrogens with zero attached hydrogens (tertiary/aromatic N) is 2. The second-order valence-electron chi connectivity index (χ2n) is 6.08. The Morgan fingerprint density at radius 3 is 2.70 bits per heavy atom. The van der Waals surface area contributed by atoms with Gasteiger partial charge >= 0.3 is 0 Å². The first-order valence-corrected chi connectivity index (χ1v) is 7.41. The van der Waals surface area contributed by atoms with Crippen LogP contribution in [0.15, 0.2) is 54.7 Å². The number of aldehydes is 1. The number of hydrogen-bond acceptors (Lipinski definition) is 3. The Hall–Kier alpha value is -2.99. The summed E-state index contributed by atoms with van der Waals surface area (Å²) in [5.74, 6) is 0. The minimum absolute atomic E-state index is 0.596. The molecule has 0 atom stereocenters. The van der Waals surface area contributed by atoms with Crippen LogP contribution < -0.4 is 0 Å². The van der Waals surface area contributed by atoms with Crippen LogP contribution in [0.2, 0.25) is 0 Å². The number of benzene rings is 2. The normalized spacial score (nSPS) is 11.2. The fourth-order valence-corrected chi connectivity index (χ4v) is 2.62. The summed E-state index contributed by atoms with van der Waals surface area (Å²) in [6.45, 7) is 3.80. The lowest BCUT2D eigenvalue weighted by Crippen LogP contribution is -2.14. The third-order valence-electron chi connectivity index (χ3n) is 4.04. The van der Waals surface area contributed by atoms with Crippen LogP contribution in [0.3, 0.4) is 0 Å². The van der Waals surface area contributed by atoms with E-state index in [1.54, 1.807) is 12.3 Å². The molecule has 0 aliphatic rings. The summed E-state index contributed by atoms with van der Waals surface area (Å²) in [6.07, 6.45) is 2.59. The molecule has 3 rings (SSSR count). The summed E-state index contributed by atoms with van der Waals surface area (Å²) in [5.41, 5.74) is 3.69. The van der Waals surface area contributed by atoms with Crippen LogP contribution in [0.5, 0.6) is 0 Å². The first-order valence-electron chi connectivity index (χ1n) is 7.41. The van der Waals surface area contributed by atoms with Gasteiger partial charge in [-0.15, -0.1) is 0 Å². The highest BCUT2D eigenvalue weighted by Crippen LogP contribution is 2.33. The first kappa shape index (κ1) is 14.9. The average molecular weight is 300 g/mol. The zero-order chi connectivity index (χ0) is 16.4. The third-order valence-corrected chi connectivity index (χ3v) is 4.04. The molecule has 0 saturated carbocycles. The SMILES string of the molecule is CC(C)(C#N)c1cc(-c2cccc(C=O)c2)c2ncccc2c1. The zero-order valence-electron chi connectivity index (χ0n) is 13.1. The molecule has 1 aromatic heterocycles. The van der Waals surface area contributed by atoms with Gasteiger partial charge in [0.2, 0.25) is 0 Å². The summed E-state index contributed by atoms with van der Waals surface area (Å²) in [7, 11) is 0. The molecule has 0 aliphatic heterocycles. The van der Waals surface area contributed by atoms with E-state index in [-0.39, 0.29) is 0 Å².